The molecule has 2 aliphatic rings. The van der Waals surface area contributed by atoms with Gasteiger partial charge in [-0.2, -0.15) is 4.52 Å². The van der Waals surface area contributed by atoms with Crippen molar-refractivity contribution in [1.82, 2.24) is 34.3 Å². The third kappa shape index (κ3) is 3.07. The zero-order valence-corrected chi connectivity index (χ0v) is 15.7. The molecule has 5 rings (SSSR count). The van der Waals surface area contributed by atoms with Crippen LogP contribution in [-0.4, -0.2) is 54.5 Å². The van der Waals surface area contributed by atoms with Crippen molar-refractivity contribution in [2.75, 3.05) is 20.2 Å². The van der Waals surface area contributed by atoms with Gasteiger partial charge in [0.15, 0.2) is 11.5 Å². The van der Waals surface area contributed by atoms with E-state index < -0.39 is 0 Å². The first-order chi connectivity index (χ1) is 13.3. The highest BCUT2D eigenvalue weighted by Gasteiger charge is 2.26. The SMILES string of the molecule is COc1ccc2nnc(C3CCN(Cc4cnc5n4CCCC5)CC3)n2n1. The predicted octanol–water partition coefficient (Wildman–Crippen LogP) is 2.05. The van der Waals surface area contributed by atoms with Crippen molar-refractivity contribution in [2.24, 2.45) is 0 Å². The maximum Gasteiger partial charge on any atom is 0.231 e. The number of imidazole rings is 1. The van der Waals surface area contributed by atoms with Crippen LogP contribution in [0.5, 0.6) is 5.88 Å². The van der Waals surface area contributed by atoms with E-state index in [1.807, 2.05) is 16.6 Å². The van der Waals surface area contributed by atoms with Gasteiger partial charge < -0.3 is 9.30 Å². The second kappa shape index (κ2) is 6.92. The predicted molar refractivity (Wildman–Crippen MR) is 99.8 cm³/mol. The maximum absolute atomic E-state index is 5.25. The van der Waals surface area contributed by atoms with Crippen LogP contribution in [0.15, 0.2) is 18.3 Å². The summed E-state index contributed by atoms with van der Waals surface area (Å²) in [5.41, 5.74) is 2.14. The monoisotopic (exact) mass is 367 g/mol. The number of piperidine rings is 1. The minimum absolute atomic E-state index is 0.384. The van der Waals surface area contributed by atoms with Crippen molar-refractivity contribution in [2.45, 2.75) is 51.1 Å². The van der Waals surface area contributed by atoms with E-state index in [-0.39, 0.29) is 0 Å². The van der Waals surface area contributed by atoms with Crippen LogP contribution in [-0.2, 0) is 19.5 Å². The molecule has 0 N–H and O–H groups in total. The molecule has 0 aromatic carbocycles. The molecule has 0 unspecified atom stereocenters. The normalized spacial score (nSPS) is 18.7. The molecule has 2 aliphatic heterocycles. The van der Waals surface area contributed by atoms with Crippen LogP contribution in [0, 0.1) is 0 Å². The van der Waals surface area contributed by atoms with Crippen LogP contribution in [0.3, 0.4) is 0 Å². The van der Waals surface area contributed by atoms with E-state index in [1.54, 1.807) is 7.11 Å². The summed E-state index contributed by atoms with van der Waals surface area (Å²) < 4.78 is 9.52. The number of aromatic nitrogens is 6. The van der Waals surface area contributed by atoms with E-state index in [2.05, 4.69) is 35.9 Å². The maximum atomic E-state index is 5.25. The lowest BCUT2D eigenvalue weighted by molar-refractivity contribution is 0.195. The van der Waals surface area contributed by atoms with Crippen molar-refractivity contribution >= 4 is 5.65 Å². The fourth-order valence-electron chi connectivity index (χ4n) is 4.34. The van der Waals surface area contributed by atoms with Crippen molar-refractivity contribution in [3.05, 3.63) is 35.7 Å². The fourth-order valence-corrected chi connectivity index (χ4v) is 4.34. The van der Waals surface area contributed by atoms with Crippen molar-refractivity contribution in [3.8, 4) is 5.88 Å². The molecular formula is C19H25N7O. The van der Waals surface area contributed by atoms with E-state index in [0.29, 0.717) is 11.8 Å². The lowest BCUT2D eigenvalue weighted by Gasteiger charge is -2.31. The lowest BCUT2D eigenvalue weighted by Crippen LogP contribution is -2.34. The third-order valence-electron chi connectivity index (χ3n) is 5.86. The zero-order valence-electron chi connectivity index (χ0n) is 15.7. The molecule has 0 saturated carbocycles. The highest BCUT2D eigenvalue weighted by Crippen LogP contribution is 2.28. The van der Waals surface area contributed by atoms with Gasteiger partial charge in [0, 0.05) is 37.7 Å². The Kier molecular flexibility index (Phi) is 4.27. The van der Waals surface area contributed by atoms with Gasteiger partial charge >= 0.3 is 0 Å². The zero-order chi connectivity index (χ0) is 18.2. The Bertz CT molecular complexity index is 939. The Labute approximate surface area is 158 Å². The molecule has 0 spiro atoms. The second-order valence-corrected chi connectivity index (χ2v) is 7.53. The molecule has 5 heterocycles. The Balaban J connectivity index is 1.27. The molecule has 8 heteroatoms. The summed E-state index contributed by atoms with van der Waals surface area (Å²) in [7, 11) is 1.63. The topological polar surface area (TPSA) is 73.4 Å². The number of ether oxygens (including phenoxy) is 1. The van der Waals surface area contributed by atoms with Gasteiger partial charge in [0.2, 0.25) is 5.88 Å². The molecule has 0 amide bonds. The van der Waals surface area contributed by atoms with Crippen LogP contribution in [0.4, 0.5) is 0 Å². The van der Waals surface area contributed by atoms with E-state index in [4.69, 9.17) is 4.74 Å². The van der Waals surface area contributed by atoms with E-state index in [1.165, 1.54) is 24.4 Å². The van der Waals surface area contributed by atoms with Crippen molar-refractivity contribution in [3.63, 3.8) is 0 Å². The summed E-state index contributed by atoms with van der Waals surface area (Å²) in [5, 5.41) is 13.2. The van der Waals surface area contributed by atoms with Crippen molar-refractivity contribution in [1.29, 1.82) is 0 Å². The number of hydrogen-bond acceptors (Lipinski definition) is 6. The van der Waals surface area contributed by atoms with Crippen LogP contribution >= 0.6 is 0 Å². The van der Waals surface area contributed by atoms with E-state index in [0.717, 1.165) is 56.9 Å². The van der Waals surface area contributed by atoms with Crippen LogP contribution < -0.4 is 4.74 Å². The van der Waals surface area contributed by atoms with Gasteiger partial charge in [0.1, 0.15) is 5.82 Å². The summed E-state index contributed by atoms with van der Waals surface area (Å²) >= 11 is 0. The van der Waals surface area contributed by atoms with E-state index >= 15 is 0 Å². The van der Waals surface area contributed by atoms with Gasteiger partial charge in [0.05, 0.1) is 12.8 Å². The van der Waals surface area contributed by atoms with Gasteiger partial charge in [-0.25, -0.2) is 4.98 Å². The van der Waals surface area contributed by atoms with Gasteiger partial charge in [-0.3, -0.25) is 4.90 Å². The molecule has 3 aromatic rings. The smallest absolute Gasteiger partial charge is 0.231 e. The Morgan fingerprint density at radius 1 is 1.11 bits per heavy atom. The minimum Gasteiger partial charge on any atom is -0.480 e. The first-order valence-corrected chi connectivity index (χ1v) is 9.84. The molecule has 3 aromatic heterocycles. The Hall–Kier alpha value is -2.48. The summed E-state index contributed by atoms with van der Waals surface area (Å²) in [5.74, 6) is 3.19. The Morgan fingerprint density at radius 2 is 2.00 bits per heavy atom. The molecule has 0 radical (unpaired) electrons. The molecule has 27 heavy (non-hydrogen) atoms. The molecule has 1 saturated heterocycles. The number of aryl methyl sites for hydroxylation is 1. The highest BCUT2D eigenvalue weighted by atomic mass is 16.5. The average Bonchev–Trinajstić information content (AvgIpc) is 3.32. The molecule has 142 valence electrons. The average molecular weight is 367 g/mol. The minimum atomic E-state index is 0.384. The first kappa shape index (κ1) is 16.7. The van der Waals surface area contributed by atoms with Crippen LogP contribution in [0.25, 0.3) is 5.65 Å². The summed E-state index contributed by atoms with van der Waals surface area (Å²) in [6.45, 7) is 4.24. The number of fused-ring (bicyclic) bond motifs is 2. The number of hydrogen-bond donors (Lipinski definition) is 0. The van der Waals surface area contributed by atoms with Gasteiger partial charge in [-0.15, -0.1) is 15.3 Å². The summed E-state index contributed by atoms with van der Waals surface area (Å²) in [6, 6.07) is 3.73. The molecular weight excluding hydrogens is 342 g/mol. The Morgan fingerprint density at radius 3 is 2.85 bits per heavy atom. The number of methoxy groups -OCH3 is 1. The fraction of sp³-hybridized carbons (Fsp3) is 0.579. The molecule has 8 nitrogen and oxygen atoms in total. The summed E-state index contributed by atoms with van der Waals surface area (Å²) in [4.78, 5) is 7.16. The standard InChI is InChI=1S/C19H25N7O/c1-27-18-6-5-17-21-22-19(26(17)23-18)14-7-10-24(11-8-14)13-15-12-20-16-4-2-3-9-25(15)16/h5-6,12,14H,2-4,7-11,13H2,1H3. The second-order valence-electron chi connectivity index (χ2n) is 7.53. The largest absolute Gasteiger partial charge is 0.480 e. The van der Waals surface area contributed by atoms with Crippen LogP contribution in [0.2, 0.25) is 0 Å². The first-order valence-electron chi connectivity index (χ1n) is 9.84. The number of rotatable bonds is 4. The molecule has 0 atom stereocenters. The quantitative estimate of drug-likeness (QED) is 0.703. The molecule has 1 fully saturated rings. The van der Waals surface area contributed by atoms with Crippen LogP contribution in [0.1, 0.15) is 48.9 Å². The van der Waals surface area contributed by atoms with Gasteiger partial charge in [0.25, 0.3) is 0 Å². The number of likely N-dealkylation sites (tertiary alicyclic amines) is 1. The molecule has 0 aliphatic carbocycles. The van der Waals surface area contributed by atoms with Gasteiger partial charge in [-0.1, -0.05) is 0 Å². The number of nitrogens with zero attached hydrogens (tertiary/aromatic N) is 7. The highest BCUT2D eigenvalue weighted by molar-refractivity contribution is 5.38. The third-order valence-corrected chi connectivity index (χ3v) is 5.86. The lowest BCUT2D eigenvalue weighted by atomic mass is 9.96. The van der Waals surface area contributed by atoms with Crippen molar-refractivity contribution < 1.29 is 4.74 Å². The van der Waals surface area contributed by atoms with E-state index in [9.17, 15) is 0 Å². The summed E-state index contributed by atoms with van der Waals surface area (Å²) in [6.07, 6.45) is 7.89. The van der Waals surface area contributed by atoms with Gasteiger partial charge in [-0.05, 0) is 44.8 Å². The molecule has 0 bridgehead atoms.